The first-order valence-corrected chi connectivity index (χ1v) is 11.7. The van der Waals surface area contributed by atoms with Crippen molar-refractivity contribution in [1.82, 2.24) is 14.5 Å². The van der Waals surface area contributed by atoms with E-state index in [9.17, 15) is 14.4 Å². The van der Waals surface area contributed by atoms with Crippen LogP contribution in [0.4, 0.5) is 0 Å². The molecule has 0 saturated heterocycles. The largest absolute Gasteiger partial charge is 0.284 e. The van der Waals surface area contributed by atoms with Gasteiger partial charge in [-0.1, -0.05) is 55.3 Å². The Morgan fingerprint density at radius 3 is 2.23 bits per heavy atom. The summed E-state index contributed by atoms with van der Waals surface area (Å²) in [5.41, 5.74) is 1.60. The number of hydrogen-bond donors (Lipinski definition) is 0. The molecular formula is C24H23N3O3S. The van der Waals surface area contributed by atoms with Gasteiger partial charge in [-0.2, -0.15) is 0 Å². The number of aromatic nitrogens is 2. The molecule has 1 saturated carbocycles. The van der Waals surface area contributed by atoms with Crippen LogP contribution in [0, 0.1) is 0 Å². The van der Waals surface area contributed by atoms with Crippen molar-refractivity contribution < 1.29 is 9.59 Å². The van der Waals surface area contributed by atoms with Crippen molar-refractivity contribution in [2.45, 2.75) is 43.3 Å². The van der Waals surface area contributed by atoms with Crippen LogP contribution in [-0.4, -0.2) is 38.6 Å². The molecule has 7 heteroatoms. The number of para-hydroxylation sites is 1. The first kappa shape index (κ1) is 20.0. The topological polar surface area (TPSA) is 72.3 Å². The molecule has 31 heavy (non-hydrogen) atoms. The fourth-order valence-electron chi connectivity index (χ4n) is 4.56. The van der Waals surface area contributed by atoms with Gasteiger partial charge in [-0.05, 0) is 37.1 Å². The van der Waals surface area contributed by atoms with Crippen molar-refractivity contribution in [2.75, 3.05) is 12.3 Å². The second-order valence-corrected chi connectivity index (χ2v) is 9.10. The second-order valence-electron chi connectivity index (χ2n) is 8.03. The molecule has 1 aliphatic carbocycles. The van der Waals surface area contributed by atoms with Gasteiger partial charge in [0, 0.05) is 18.3 Å². The van der Waals surface area contributed by atoms with Crippen LogP contribution in [0.15, 0.2) is 58.5 Å². The summed E-state index contributed by atoms with van der Waals surface area (Å²) < 4.78 is 1.86. The second kappa shape index (κ2) is 8.30. The highest BCUT2D eigenvalue weighted by molar-refractivity contribution is 7.99. The van der Waals surface area contributed by atoms with Crippen LogP contribution >= 0.6 is 11.8 Å². The highest BCUT2D eigenvalue weighted by atomic mass is 32.2. The number of amides is 2. The minimum absolute atomic E-state index is 0.000676. The number of hydrogen-bond acceptors (Lipinski definition) is 5. The van der Waals surface area contributed by atoms with Crippen molar-refractivity contribution in [1.29, 1.82) is 0 Å². The molecule has 1 fully saturated rings. The normalized spacial score (nSPS) is 16.8. The van der Waals surface area contributed by atoms with Crippen LogP contribution in [0.3, 0.4) is 0 Å². The molecule has 0 atom stereocenters. The van der Waals surface area contributed by atoms with Crippen LogP contribution in [0.25, 0.3) is 10.9 Å². The molecule has 6 nitrogen and oxygen atoms in total. The SMILES string of the molecule is O=C1c2ccccc2C(=O)N1CCSc1nc2ccccc2c(=O)n1C1CCCCC1. The maximum absolute atomic E-state index is 13.3. The van der Waals surface area contributed by atoms with Gasteiger partial charge >= 0.3 is 0 Å². The fraction of sp³-hybridized carbons (Fsp3) is 0.333. The minimum Gasteiger partial charge on any atom is -0.284 e. The first-order valence-electron chi connectivity index (χ1n) is 10.7. The van der Waals surface area contributed by atoms with E-state index in [1.807, 2.05) is 28.8 Å². The third kappa shape index (κ3) is 3.57. The molecule has 2 aliphatic rings. The Labute approximate surface area is 184 Å². The van der Waals surface area contributed by atoms with E-state index < -0.39 is 0 Å². The van der Waals surface area contributed by atoms with Gasteiger partial charge < -0.3 is 0 Å². The number of imide groups is 1. The summed E-state index contributed by atoms with van der Waals surface area (Å²) in [6.07, 6.45) is 5.39. The lowest BCUT2D eigenvalue weighted by atomic mass is 9.95. The summed E-state index contributed by atoms with van der Waals surface area (Å²) in [7, 11) is 0. The van der Waals surface area contributed by atoms with E-state index in [2.05, 4.69) is 0 Å². The predicted octanol–water partition coefficient (Wildman–Crippen LogP) is 4.29. The number of carbonyl (C=O) groups is 2. The molecule has 1 aromatic heterocycles. The molecule has 2 amide bonds. The Morgan fingerprint density at radius 1 is 0.871 bits per heavy atom. The third-order valence-electron chi connectivity index (χ3n) is 6.14. The molecule has 5 rings (SSSR count). The van der Waals surface area contributed by atoms with Crippen LogP contribution in [-0.2, 0) is 0 Å². The molecule has 158 valence electrons. The maximum atomic E-state index is 13.3. The van der Waals surface area contributed by atoms with E-state index in [0.717, 1.165) is 25.7 Å². The van der Waals surface area contributed by atoms with Gasteiger partial charge in [0.1, 0.15) is 0 Å². The molecular weight excluding hydrogens is 410 g/mol. The number of nitrogens with zero attached hydrogens (tertiary/aromatic N) is 3. The van der Waals surface area contributed by atoms with Gasteiger partial charge in [-0.15, -0.1) is 0 Å². The van der Waals surface area contributed by atoms with Gasteiger partial charge in [0.15, 0.2) is 5.16 Å². The molecule has 0 N–H and O–H groups in total. The Bertz CT molecular complexity index is 1200. The lowest BCUT2D eigenvalue weighted by Crippen LogP contribution is -2.32. The number of thioether (sulfide) groups is 1. The van der Waals surface area contributed by atoms with Gasteiger partial charge in [0.2, 0.25) is 0 Å². The van der Waals surface area contributed by atoms with E-state index in [1.54, 1.807) is 24.3 Å². The molecule has 0 spiro atoms. The summed E-state index contributed by atoms with van der Waals surface area (Å²) in [6, 6.07) is 14.5. The average Bonchev–Trinajstić information content (AvgIpc) is 3.05. The summed E-state index contributed by atoms with van der Waals surface area (Å²) in [4.78, 5) is 44.6. The molecule has 2 heterocycles. The van der Waals surface area contributed by atoms with Gasteiger partial charge in [0.05, 0.1) is 22.0 Å². The molecule has 1 aliphatic heterocycles. The number of rotatable bonds is 5. The van der Waals surface area contributed by atoms with E-state index in [0.29, 0.717) is 32.9 Å². The maximum Gasteiger partial charge on any atom is 0.262 e. The number of benzene rings is 2. The minimum atomic E-state index is -0.252. The van der Waals surface area contributed by atoms with Crippen molar-refractivity contribution in [3.63, 3.8) is 0 Å². The van der Waals surface area contributed by atoms with Crippen LogP contribution in [0.5, 0.6) is 0 Å². The standard InChI is InChI=1S/C24H23N3O3S/c28-21-17-10-4-5-11-18(17)22(29)26(21)14-15-31-24-25-20-13-7-6-12-19(20)23(30)27(24)16-8-2-1-3-9-16/h4-7,10-13,16H,1-3,8-9,14-15H2. The van der Waals surface area contributed by atoms with Crippen molar-refractivity contribution in [3.05, 3.63) is 70.0 Å². The zero-order chi connectivity index (χ0) is 21.4. The van der Waals surface area contributed by atoms with E-state index >= 15 is 0 Å². The van der Waals surface area contributed by atoms with Crippen molar-refractivity contribution in [3.8, 4) is 0 Å². The van der Waals surface area contributed by atoms with E-state index in [1.165, 1.54) is 23.1 Å². The Hall–Kier alpha value is -2.93. The van der Waals surface area contributed by atoms with E-state index in [4.69, 9.17) is 4.98 Å². The van der Waals surface area contributed by atoms with Crippen LogP contribution in [0.2, 0.25) is 0 Å². The summed E-state index contributed by atoms with van der Waals surface area (Å²) in [6.45, 7) is 0.282. The van der Waals surface area contributed by atoms with Crippen molar-refractivity contribution in [2.24, 2.45) is 0 Å². The van der Waals surface area contributed by atoms with Gasteiger partial charge in [-0.25, -0.2) is 4.98 Å². The lowest BCUT2D eigenvalue weighted by molar-refractivity contribution is 0.0664. The molecule has 0 bridgehead atoms. The average molecular weight is 434 g/mol. The molecule has 0 radical (unpaired) electrons. The predicted molar refractivity (Wildman–Crippen MR) is 121 cm³/mol. The fourth-order valence-corrected chi connectivity index (χ4v) is 5.55. The van der Waals surface area contributed by atoms with E-state index in [-0.39, 0.29) is 30.0 Å². The molecule has 0 unspecified atom stereocenters. The quantitative estimate of drug-likeness (QED) is 0.341. The summed E-state index contributed by atoms with van der Waals surface area (Å²) >= 11 is 1.45. The summed E-state index contributed by atoms with van der Waals surface area (Å²) in [5.74, 6) is -0.0159. The number of fused-ring (bicyclic) bond motifs is 2. The molecule has 2 aromatic carbocycles. The van der Waals surface area contributed by atoms with Crippen molar-refractivity contribution >= 4 is 34.5 Å². The highest BCUT2D eigenvalue weighted by Crippen LogP contribution is 2.31. The van der Waals surface area contributed by atoms with Crippen LogP contribution in [0.1, 0.15) is 58.9 Å². The Balaban J connectivity index is 1.41. The first-order chi connectivity index (χ1) is 15.1. The van der Waals surface area contributed by atoms with Gasteiger partial charge in [-0.3, -0.25) is 23.9 Å². The Morgan fingerprint density at radius 2 is 1.52 bits per heavy atom. The summed E-state index contributed by atoms with van der Waals surface area (Å²) in [5, 5.41) is 1.31. The lowest BCUT2D eigenvalue weighted by Gasteiger charge is -2.26. The monoisotopic (exact) mass is 433 g/mol. The Kier molecular flexibility index (Phi) is 5.36. The van der Waals surface area contributed by atoms with Gasteiger partial charge in [0.25, 0.3) is 17.4 Å². The molecule has 3 aromatic rings. The highest BCUT2D eigenvalue weighted by Gasteiger charge is 2.34. The van der Waals surface area contributed by atoms with Crippen LogP contribution < -0.4 is 5.56 Å². The third-order valence-corrected chi connectivity index (χ3v) is 7.07. The zero-order valence-electron chi connectivity index (χ0n) is 17.1. The zero-order valence-corrected chi connectivity index (χ0v) is 17.9. The number of carbonyl (C=O) groups excluding carboxylic acids is 2. The smallest absolute Gasteiger partial charge is 0.262 e.